The van der Waals surface area contributed by atoms with E-state index >= 15 is 0 Å². The Kier molecular flexibility index (Phi) is 6.41. The lowest BCUT2D eigenvalue weighted by molar-refractivity contribution is -0.164. The Labute approximate surface area is 201 Å². The first kappa shape index (κ1) is 24.5. The number of alkyl halides is 3. The maximum absolute atomic E-state index is 13.9. The van der Waals surface area contributed by atoms with Crippen LogP contribution in [0.5, 0.6) is 0 Å². The number of carbonyl (C=O) groups excluding carboxylic acids is 1. The number of nitrogens with one attached hydrogen (secondary N) is 1. The van der Waals surface area contributed by atoms with Crippen LogP contribution in [0, 0.1) is 5.82 Å². The highest BCUT2D eigenvalue weighted by atomic mass is 35.5. The van der Waals surface area contributed by atoms with Crippen molar-refractivity contribution in [2.24, 2.45) is 5.16 Å². The van der Waals surface area contributed by atoms with Gasteiger partial charge in [-0.05, 0) is 37.3 Å². The zero-order chi connectivity index (χ0) is 25.4. The van der Waals surface area contributed by atoms with E-state index < -0.39 is 29.3 Å². The van der Waals surface area contributed by atoms with Crippen LogP contribution in [0.1, 0.15) is 30.3 Å². The SMILES string of the molecule is COC(=O)C1(C)CC(c2cc(C(F)(F)F)n(-c3ccc(NCc4c(F)cccc4Cl)cn3)n2)=NO1. The van der Waals surface area contributed by atoms with Gasteiger partial charge in [-0.1, -0.05) is 22.8 Å². The van der Waals surface area contributed by atoms with Crippen molar-refractivity contribution in [1.29, 1.82) is 0 Å². The highest BCUT2D eigenvalue weighted by Gasteiger charge is 2.45. The highest BCUT2D eigenvalue weighted by Crippen LogP contribution is 2.34. The van der Waals surface area contributed by atoms with Crippen LogP contribution in [0.15, 0.2) is 47.8 Å². The standard InChI is InChI=1S/C22H18ClF4N5O3/c1-21(20(33)34-2)9-17(31-35-21)16-8-18(22(25,26)27)32(30-16)19-7-6-12(10-29-19)28-11-13-14(23)4-3-5-15(13)24/h3-8,10,28H,9,11H2,1-2H3. The predicted molar refractivity (Wildman–Crippen MR) is 118 cm³/mol. The topological polar surface area (TPSA) is 90.6 Å². The summed E-state index contributed by atoms with van der Waals surface area (Å²) < 4.78 is 60.4. The number of aromatic nitrogens is 3. The summed E-state index contributed by atoms with van der Waals surface area (Å²) >= 11 is 6.00. The van der Waals surface area contributed by atoms with Gasteiger partial charge in [0.1, 0.15) is 17.2 Å². The van der Waals surface area contributed by atoms with Gasteiger partial charge in [0, 0.05) is 23.6 Å². The largest absolute Gasteiger partial charge is 0.466 e. The summed E-state index contributed by atoms with van der Waals surface area (Å²) in [5.41, 5.74) is -1.94. The van der Waals surface area contributed by atoms with E-state index in [1.165, 1.54) is 44.5 Å². The van der Waals surface area contributed by atoms with E-state index in [4.69, 9.17) is 16.4 Å². The molecular weight excluding hydrogens is 494 g/mol. The summed E-state index contributed by atoms with van der Waals surface area (Å²) in [5.74, 6) is -1.32. The summed E-state index contributed by atoms with van der Waals surface area (Å²) in [7, 11) is 1.17. The van der Waals surface area contributed by atoms with Crippen molar-refractivity contribution in [3.63, 3.8) is 0 Å². The number of halogens is 5. The third kappa shape index (κ3) is 4.92. The molecular formula is C22H18ClF4N5O3. The molecule has 0 aliphatic carbocycles. The lowest BCUT2D eigenvalue weighted by atomic mass is 9.98. The van der Waals surface area contributed by atoms with Crippen molar-refractivity contribution < 1.29 is 31.9 Å². The maximum atomic E-state index is 13.9. The van der Waals surface area contributed by atoms with Gasteiger partial charge in [0.25, 0.3) is 0 Å². The van der Waals surface area contributed by atoms with Crippen molar-refractivity contribution in [2.45, 2.75) is 31.7 Å². The van der Waals surface area contributed by atoms with Crippen molar-refractivity contribution in [3.8, 4) is 5.82 Å². The van der Waals surface area contributed by atoms with Crippen molar-refractivity contribution >= 4 is 29.0 Å². The minimum atomic E-state index is -4.75. The summed E-state index contributed by atoms with van der Waals surface area (Å²) in [6.07, 6.45) is -3.59. The zero-order valence-corrected chi connectivity index (χ0v) is 19.1. The smallest absolute Gasteiger partial charge is 0.433 e. The van der Waals surface area contributed by atoms with Gasteiger partial charge in [-0.2, -0.15) is 18.3 Å². The molecule has 0 spiro atoms. The van der Waals surface area contributed by atoms with Gasteiger partial charge in [-0.25, -0.2) is 18.9 Å². The van der Waals surface area contributed by atoms with E-state index in [9.17, 15) is 22.4 Å². The van der Waals surface area contributed by atoms with E-state index in [-0.39, 0.29) is 40.8 Å². The molecule has 1 aliphatic heterocycles. The molecule has 0 fully saturated rings. The number of ether oxygens (including phenoxy) is 1. The van der Waals surface area contributed by atoms with Crippen LogP contribution in [0.2, 0.25) is 5.02 Å². The van der Waals surface area contributed by atoms with Crippen LogP contribution in [-0.2, 0) is 27.1 Å². The Bertz CT molecular complexity index is 1270. The van der Waals surface area contributed by atoms with Gasteiger partial charge >= 0.3 is 12.1 Å². The number of benzene rings is 1. The Hall–Kier alpha value is -3.67. The fourth-order valence-corrected chi connectivity index (χ4v) is 3.64. The van der Waals surface area contributed by atoms with Crippen LogP contribution in [0.25, 0.3) is 5.82 Å². The second kappa shape index (κ2) is 9.17. The van der Waals surface area contributed by atoms with E-state index in [0.717, 1.165) is 6.07 Å². The predicted octanol–water partition coefficient (Wildman–Crippen LogP) is 4.75. The van der Waals surface area contributed by atoms with Gasteiger partial charge < -0.3 is 14.9 Å². The lowest BCUT2D eigenvalue weighted by Crippen LogP contribution is -2.36. The van der Waals surface area contributed by atoms with Crippen molar-refractivity contribution in [2.75, 3.05) is 12.4 Å². The van der Waals surface area contributed by atoms with Crippen LogP contribution in [0.3, 0.4) is 0 Å². The molecule has 8 nitrogen and oxygen atoms in total. The van der Waals surface area contributed by atoms with E-state index in [1.807, 2.05) is 0 Å². The van der Waals surface area contributed by atoms with E-state index in [2.05, 4.69) is 25.3 Å². The Morgan fingerprint density at radius 2 is 2.09 bits per heavy atom. The second-order valence-electron chi connectivity index (χ2n) is 7.81. The summed E-state index contributed by atoms with van der Waals surface area (Å²) in [6.45, 7) is 1.46. The lowest BCUT2D eigenvalue weighted by Gasteiger charge is -2.17. The minimum absolute atomic E-state index is 0.0467. The normalized spacial score (nSPS) is 17.6. The molecule has 0 saturated heterocycles. The molecule has 35 heavy (non-hydrogen) atoms. The molecule has 0 amide bonds. The summed E-state index contributed by atoms with van der Waals surface area (Å²) in [4.78, 5) is 21.1. The molecule has 1 atom stereocenters. The van der Waals surface area contributed by atoms with Crippen molar-refractivity contribution in [1.82, 2.24) is 14.8 Å². The van der Waals surface area contributed by atoms with Crippen LogP contribution in [0.4, 0.5) is 23.2 Å². The molecule has 184 valence electrons. The molecule has 13 heteroatoms. The first-order valence-electron chi connectivity index (χ1n) is 10.2. The average Bonchev–Trinajstić information content (AvgIpc) is 3.44. The second-order valence-corrected chi connectivity index (χ2v) is 8.22. The molecule has 0 bridgehead atoms. The summed E-state index contributed by atoms with van der Waals surface area (Å²) in [5, 5.41) is 10.9. The van der Waals surface area contributed by atoms with Gasteiger partial charge in [0.15, 0.2) is 11.5 Å². The number of oxime groups is 1. The Balaban J connectivity index is 1.58. The Morgan fingerprint density at radius 3 is 2.71 bits per heavy atom. The number of carbonyl (C=O) groups is 1. The minimum Gasteiger partial charge on any atom is -0.466 e. The van der Waals surface area contributed by atoms with Crippen LogP contribution >= 0.6 is 11.6 Å². The molecule has 1 unspecified atom stereocenters. The number of hydrogen-bond donors (Lipinski definition) is 1. The van der Waals surface area contributed by atoms with Gasteiger partial charge in [-0.3, -0.25) is 0 Å². The maximum Gasteiger partial charge on any atom is 0.433 e. The number of methoxy groups -OCH3 is 1. The fourth-order valence-electron chi connectivity index (χ4n) is 3.41. The Morgan fingerprint density at radius 1 is 1.31 bits per heavy atom. The monoisotopic (exact) mass is 511 g/mol. The van der Waals surface area contributed by atoms with Gasteiger partial charge in [0.05, 0.1) is 19.0 Å². The number of nitrogens with zero attached hydrogens (tertiary/aromatic N) is 4. The van der Waals surface area contributed by atoms with Crippen LogP contribution in [-0.4, -0.2) is 39.2 Å². The van der Waals surface area contributed by atoms with E-state index in [0.29, 0.717) is 10.4 Å². The first-order chi connectivity index (χ1) is 16.5. The van der Waals surface area contributed by atoms with Gasteiger partial charge in [-0.15, -0.1) is 0 Å². The number of esters is 1. The molecule has 2 aromatic heterocycles. The molecule has 4 rings (SSSR count). The molecule has 0 radical (unpaired) electrons. The molecule has 3 aromatic rings. The average molecular weight is 512 g/mol. The number of anilines is 1. The first-order valence-corrected chi connectivity index (χ1v) is 10.5. The zero-order valence-electron chi connectivity index (χ0n) is 18.4. The quantitative estimate of drug-likeness (QED) is 0.379. The molecule has 1 aromatic carbocycles. The molecule has 3 heterocycles. The molecule has 0 saturated carbocycles. The third-order valence-corrected chi connectivity index (χ3v) is 5.62. The van der Waals surface area contributed by atoms with E-state index in [1.54, 1.807) is 6.07 Å². The number of rotatable bonds is 6. The number of pyridine rings is 1. The summed E-state index contributed by atoms with van der Waals surface area (Å²) in [6, 6.07) is 7.90. The third-order valence-electron chi connectivity index (χ3n) is 5.27. The highest BCUT2D eigenvalue weighted by molar-refractivity contribution is 6.31. The number of hydrogen-bond acceptors (Lipinski definition) is 7. The molecule has 1 aliphatic rings. The fraction of sp³-hybridized carbons (Fsp3) is 0.273. The van der Waals surface area contributed by atoms with Crippen LogP contribution < -0.4 is 5.32 Å². The van der Waals surface area contributed by atoms with Gasteiger partial charge in [0.2, 0.25) is 5.60 Å². The van der Waals surface area contributed by atoms with Crippen molar-refractivity contribution in [3.05, 3.63) is 70.4 Å². The molecule has 1 N–H and O–H groups in total.